The minimum absolute atomic E-state index is 0.0603. The van der Waals surface area contributed by atoms with Gasteiger partial charge in [-0.3, -0.25) is 9.59 Å². The van der Waals surface area contributed by atoms with Crippen LogP contribution < -0.4 is 16.0 Å². The first-order chi connectivity index (χ1) is 12.9. The van der Waals surface area contributed by atoms with Gasteiger partial charge in [-0.15, -0.1) is 0 Å². The van der Waals surface area contributed by atoms with Crippen LogP contribution in [0.5, 0.6) is 0 Å². The number of carbonyl (C=O) groups is 3. The summed E-state index contributed by atoms with van der Waals surface area (Å²) in [6.07, 6.45) is 0.397. The van der Waals surface area contributed by atoms with Gasteiger partial charge in [0.25, 0.3) is 0 Å². The van der Waals surface area contributed by atoms with Gasteiger partial charge in [-0.25, -0.2) is 4.79 Å². The van der Waals surface area contributed by atoms with Gasteiger partial charge in [0.2, 0.25) is 11.8 Å². The molecule has 2 aromatic carbocycles. The maximum atomic E-state index is 12.1. The molecule has 0 aliphatic carbocycles. The molecule has 7 heteroatoms. The van der Waals surface area contributed by atoms with Crippen molar-refractivity contribution < 1.29 is 19.1 Å². The van der Waals surface area contributed by atoms with Crippen LogP contribution >= 0.6 is 0 Å². The molecule has 2 amide bonds. The lowest BCUT2D eigenvalue weighted by Gasteiger charge is -2.14. The van der Waals surface area contributed by atoms with Crippen molar-refractivity contribution in [1.29, 1.82) is 0 Å². The largest absolute Gasteiger partial charge is 0.465 e. The summed E-state index contributed by atoms with van der Waals surface area (Å²) >= 11 is 0. The molecule has 0 saturated carbocycles. The number of carbonyl (C=O) groups excluding carboxylic acids is 3. The molecule has 142 valence electrons. The summed E-state index contributed by atoms with van der Waals surface area (Å²) < 4.78 is 4.63. The van der Waals surface area contributed by atoms with E-state index < -0.39 is 5.97 Å². The maximum absolute atomic E-state index is 12.1. The predicted molar refractivity (Wildman–Crippen MR) is 105 cm³/mol. The first-order valence-corrected chi connectivity index (χ1v) is 8.56. The van der Waals surface area contributed by atoms with Crippen molar-refractivity contribution >= 4 is 34.8 Å². The minimum atomic E-state index is -0.430. The molecule has 0 spiro atoms. The van der Waals surface area contributed by atoms with Crippen LogP contribution in [0.25, 0.3) is 0 Å². The molecule has 2 aromatic rings. The van der Waals surface area contributed by atoms with Crippen molar-refractivity contribution in [3.8, 4) is 0 Å². The molecule has 27 heavy (non-hydrogen) atoms. The average molecular weight is 369 g/mol. The lowest BCUT2D eigenvalue weighted by Crippen LogP contribution is -2.22. The molecule has 0 fully saturated rings. The molecule has 0 radical (unpaired) electrons. The van der Waals surface area contributed by atoms with Gasteiger partial charge in [-0.2, -0.15) is 0 Å². The van der Waals surface area contributed by atoms with Crippen molar-refractivity contribution in [2.45, 2.75) is 20.3 Å². The Balaban J connectivity index is 1.94. The molecule has 0 bridgehead atoms. The van der Waals surface area contributed by atoms with Gasteiger partial charge >= 0.3 is 5.97 Å². The summed E-state index contributed by atoms with van der Waals surface area (Å²) in [5.41, 5.74) is 3.32. The summed E-state index contributed by atoms with van der Waals surface area (Å²) in [5, 5.41) is 8.64. The van der Waals surface area contributed by atoms with E-state index in [-0.39, 0.29) is 18.4 Å². The Labute approximate surface area is 158 Å². The second-order valence-electron chi connectivity index (χ2n) is 5.85. The highest BCUT2D eigenvalue weighted by atomic mass is 16.5. The SMILES string of the molecule is CCC(=O)Nc1cccc(NCC(=O)Nc2ccc(C(=O)OC)cc2)c1C. The van der Waals surface area contributed by atoms with E-state index >= 15 is 0 Å². The molecular formula is C20H23N3O4. The van der Waals surface area contributed by atoms with Crippen LogP contribution in [0.3, 0.4) is 0 Å². The Morgan fingerprint density at radius 3 is 2.22 bits per heavy atom. The molecule has 2 rings (SSSR count). The van der Waals surface area contributed by atoms with Gasteiger partial charge < -0.3 is 20.7 Å². The third-order valence-corrected chi connectivity index (χ3v) is 3.96. The fourth-order valence-electron chi connectivity index (χ4n) is 2.39. The fourth-order valence-corrected chi connectivity index (χ4v) is 2.39. The monoisotopic (exact) mass is 369 g/mol. The molecule has 0 atom stereocenters. The Morgan fingerprint density at radius 1 is 0.926 bits per heavy atom. The number of esters is 1. The quantitative estimate of drug-likeness (QED) is 0.652. The molecule has 0 heterocycles. The van der Waals surface area contributed by atoms with E-state index in [1.807, 2.05) is 25.1 Å². The van der Waals surface area contributed by atoms with Crippen LogP contribution in [0.1, 0.15) is 29.3 Å². The Bertz CT molecular complexity index is 832. The topological polar surface area (TPSA) is 96.5 Å². The molecule has 0 aliphatic heterocycles. The van der Waals surface area contributed by atoms with Gasteiger partial charge in [0.15, 0.2) is 0 Å². The van der Waals surface area contributed by atoms with Crippen molar-refractivity contribution in [3.63, 3.8) is 0 Å². The van der Waals surface area contributed by atoms with E-state index in [1.54, 1.807) is 31.2 Å². The zero-order valence-electron chi connectivity index (χ0n) is 15.6. The minimum Gasteiger partial charge on any atom is -0.465 e. The third kappa shape index (κ3) is 5.57. The number of anilines is 3. The van der Waals surface area contributed by atoms with E-state index in [1.165, 1.54) is 7.11 Å². The van der Waals surface area contributed by atoms with Gasteiger partial charge in [-0.05, 0) is 48.9 Å². The summed E-state index contributed by atoms with van der Waals surface area (Å²) in [6.45, 7) is 3.72. The average Bonchev–Trinajstić information content (AvgIpc) is 2.68. The number of nitrogens with one attached hydrogen (secondary N) is 3. The van der Waals surface area contributed by atoms with Crippen LogP contribution in [0.4, 0.5) is 17.1 Å². The van der Waals surface area contributed by atoms with Gasteiger partial charge in [0.05, 0.1) is 19.2 Å². The highest BCUT2D eigenvalue weighted by Gasteiger charge is 2.09. The zero-order chi connectivity index (χ0) is 19.8. The molecule has 0 unspecified atom stereocenters. The van der Waals surface area contributed by atoms with Crippen LogP contribution in [-0.2, 0) is 14.3 Å². The maximum Gasteiger partial charge on any atom is 0.337 e. The summed E-state index contributed by atoms with van der Waals surface area (Å²) in [7, 11) is 1.31. The number of benzene rings is 2. The number of hydrogen-bond acceptors (Lipinski definition) is 5. The first kappa shape index (κ1) is 20.0. The van der Waals surface area contributed by atoms with Crippen molar-refractivity contribution in [1.82, 2.24) is 0 Å². The normalized spacial score (nSPS) is 10.0. The lowest BCUT2D eigenvalue weighted by molar-refractivity contribution is -0.116. The van der Waals surface area contributed by atoms with Gasteiger partial charge in [0, 0.05) is 23.5 Å². The van der Waals surface area contributed by atoms with Crippen LogP contribution in [-0.4, -0.2) is 31.4 Å². The number of ether oxygens (including phenoxy) is 1. The highest BCUT2D eigenvalue weighted by molar-refractivity contribution is 5.96. The Hall–Kier alpha value is -3.35. The molecular weight excluding hydrogens is 346 g/mol. The van der Waals surface area contributed by atoms with E-state index in [4.69, 9.17) is 0 Å². The second-order valence-corrected chi connectivity index (χ2v) is 5.85. The van der Waals surface area contributed by atoms with Crippen molar-refractivity contribution in [3.05, 3.63) is 53.6 Å². The van der Waals surface area contributed by atoms with Crippen LogP contribution in [0.15, 0.2) is 42.5 Å². The first-order valence-electron chi connectivity index (χ1n) is 8.56. The van der Waals surface area contributed by atoms with Crippen LogP contribution in [0.2, 0.25) is 0 Å². The predicted octanol–water partition coefficient (Wildman–Crippen LogP) is 3.18. The summed E-state index contributed by atoms with van der Waals surface area (Å²) in [4.78, 5) is 35.1. The van der Waals surface area contributed by atoms with Gasteiger partial charge in [0.1, 0.15) is 0 Å². The number of methoxy groups -OCH3 is 1. The second kappa shape index (κ2) is 9.38. The Kier molecular flexibility index (Phi) is 6.93. The number of hydrogen-bond donors (Lipinski definition) is 3. The molecule has 3 N–H and O–H groups in total. The number of amides is 2. The Morgan fingerprint density at radius 2 is 1.59 bits per heavy atom. The van der Waals surface area contributed by atoms with E-state index in [9.17, 15) is 14.4 Å². The molecule has 0 aromatic heterocycles. The van der Waals surface area contributed by atoms with E-state index in [2.05, 4.69) is 20.7 Å². The molecule has 0 aliphatic rings. The smallest absolute Gasteiger partial charge is 0.337 e. The van der Waals surface area contributed by atoms with E-state index in [0.29, 0.717) is 23.4 Å². The molecule has 7 nitrogen and oxygen atoms in total. The number of rotatable bonds is 7. The summed E-state index contributed by atoms with van der Waals surface area (Å²) in [6, 6.07) is 11.9. The van der Waals surface area contributed by atoms with E-state index in [0.717, 1.165) is 11.3 Å². The highest BCUT2D eigenvalue weighted by Crippen LogP contribution is 2.23. The fraction of sp³-hybridized carbons (Fsp3) is 0.250. The standard InChI is InChI=1S/C20H23N3O4/c1-4-18(24)23-17-7-5-6-16(13(17)2)21-12-19(25)22-15-10-8-14(9-11-15)20(26)27-3/h5-11,21H,4,12H2,1-3H3,(H,22,25)(H,23,24). The van der Waals surface area contributed by atoms with Gasteiger partial charge in [-0.1, -0.05) is 13.0 Å². The zero-order valence-corrected chi connectivity index (χ0v) is 15.6. The third-order valence-electron chi connectivity index (χ3n) is 3.96. The summed E-state index contributed by atoms with van der Waals surface area (Å²) in [5.74, 6) is -0.730. The van der Waals surface area contributed by atoms with Crippen LogP contribution in [0, 0.1) is 6.92 Å². The lowest BCUT2D eigenvalue weighted by atomic mass is 10.1. The van der Waals surface area contributed by atoms with Crippen molar-refractivity contribution in [2.24, 2.45) is 0 Å². The molecule has 0 saturated heterocycles. The van der Waals surface area contributed by atoms with Crippen molar-refractivity contribution in [2.75, 3.05) is 29.6 Å².